The molecule has 0 radical (unpaired) electrons. The lowest BCUT2D eigenvalue weighted by Gasteiger charge is -2.29. The van der Waals surface area contributed by atoms with Gasteiger partial charge in [0.15, 0.2) is 0 Å². The Balaban J connectivity index is 2.62. The van der Waals surface area contributed by atoms with Gasteiger partial charge in [-0.2, -0.15) is 0 Å². The van der Waals surface area contributed by atoms with Gasteiger partial charge in [0.05, 0.1) is 12.2 Å². The minimum absolute atomic E-state index is 0.0238. The highest BCUT2D eigenvalue weighted by molar-refractivity contribution is 5.83. The van der Waals surface area contributed by atoms with Crippen molar-refractivity contribution in [3.8, 4) is 0 Å². The van der Waals surface area contributed by atoms with E-state index in [-0.39, 0.29) is 18.1 Å². The van der Waals surface area contributed by atoms with Crippen molar-refractivity contribution in [2.45, 2.75) is 45.4 Å². The number of rotatable bonds is 4. The molecule has 1 heterocycles. The van der Waals surface area contributed by atoms with Gasteiger partial charge in [-0.25, -0.2) is 0 Å². The smallest absolute Gasteiger partial charge is 0.240 e. The molecule has 1 N–H and O–H groups in total. The minimum Gasteiger partial charge on any atom is -0.324 e. The number of hydrogen-bond acceptors (Lipinski definition) is 3. The number of hydrogen-bond donors (Lipinski definition) is 1. The fraction of sp³-hybridized carbons (Fsp3) is 0.909. The van der Waals surface area contributed by atoms with Crippen molar-refractivity contribution in [2.75, 3.05) is 20.6 Å². The van der Waals surface area contributed by atoms with Gasteiger partial charge in [-0.1, -0.05) is 6.92 Å². The van der Waals surface area contributed by atoms with Crippen molar-refractivity contribution in [3.63, 3.8) is 0 Å². The van der Waals surface area contributed by atoms with Crippen LogP contribution < -0.4 is 5.32 Å². The van der Waals surface area contributed by atoms with Crippen LogP contribution in [0, 0.1) is 0 Å². The molecule has 1 rings (SSSR count). The summed E-state index contributed by atoms with van der Waals surface area (Å²) in [7, 11) is 4.09. The van der Waals surface area contributed by atoms with Crippen LogP contribution in [-0.2, 0) is 4.79 Å². The Kier molecular flexibility index (Phi) is 4.11. The summed E-state index contributed by atoms with van der Waals surface area (Å²) in [5.41, 5.74) is 0. The van der Waals surface area contributed by atoms with Crippen LogP contribution in [0.1, 0.15) is 27.2 Å². The van der Waals surface area contributed by atoms with Crippen molar-refractivity contribution in [2.24, 2.45) is 0 Å². The average molecular weight is 213 g/mol. The Morgan fingerprint density at radius 3 is 2.60 bits per heavy atom. The summed E-state index contributed by atoms with van der Waals surface area (Å²) in [6.07, 6.45) is 1.19. The lowest BCUT2D eigenvalue weighted by Crippen LogP contribution is -2.44. The highest BCUT2D eigenvalue weighted by atomic mass is 16.2. The summed E-state index contributed by atoms with van der Waals surface area (Å²) in [5.74, 6) is 0.232. The first-order valence-electron chi connectivity index (χ1n) is 5.70. The van der Waals surface area contributed by atoms with Crippen LogP contribution in [0.25, 0.3) is 0 Å². The molecule has 1 fully saturated rings. The third-order valence-corrected chi connectivity index (χ3v) is 3.20. The zero-order valence-corrected chi connectivity index (χ0v) is 10.4. The van der Waals surface area contributed by atoms with E-state index in [1.54, 1.807) is 0 Å². The lowest BCUT2D eigenvalue weighted by molar-refractivity contribution is -0.130. The molecule has 0 aromatic heterocycles. The van der Waals surface area contributed by atoms with Gasteiger partial charge in [0.25, 0.3) is 0 Å². The topological polar surface area (TPSA) is 35.6 Å². The number of nitrogens with one attached hydrogen (secondary N) is 1. The van der Waals surface area contributed by atoms with Crippen molar-refractivity contribution in [1.29, 1.82) is 0 Å². The molecule has 0 saturated carbocycles. The first kappa shape index (κ1) is 12.5. The normalized spacial score (nSPS) is 28.9. The molecule has 1 aliphatic heterocycles. The summed E-state index contributed by atoms with van der Waals surface area (Å²) < 4.78 is 0. The molecule has 4 heteroatoms. The highest BCUT2D eigenvalue weighted by Gasteiger charge is 2.35. The zero-order chi connectivity index (χ0) is 11.6. The van der Waals surface area contributed by atoms with Crippen LogP contribution in [0.4, 0.5) is 0 Å². The second-order valence-corrected chi connectivity index (χ2v) is 4.62. The van der Waals surface area contributed by atoms with E-state index in [0.29, 0.717) is 6.04 Å². The van der Waals surface area contributed by atoms with Gasteiger partial charge in [0.1, 0.15) is 0 Å². The molecule has 88 valence electrons. The van der Waals surface area contributed by atoms with E-state index in [9.17, 15) is 4.79 Å². The van der Waals surface area contributed by atoms with Crippen LogP contribution in [0.2, 0.25) is 0 Å². The van der Waals surface area contributed by atoms with E-state index in [1.165, 1.54) is 0 Å². The van der Waals surface area contributed by atoms with E-state index in [4.69, 9.17) is 0 Å². The number of carbonyl (C=O) groups excluding carboxylic acids is 1. The monoisotopic (exact) mass is 213 g/mol. The predicted molar refractivity (Wildman–Crippen MR) is 61.5 cm³/mol. The average Bonchev–Trinajstić information content (AvgIpc) is 2.45. The molecule has 15 heavy (non-hydrogen) atoms. The van der Waals surface area contributed by atoms with Crippen LogP contribution >= 0.6 is 0 Å². The maximum atomic E-state index is 11.9. The SMILES string of the molecule is CCC1NC(C)C(=O)N1CC(C)N(C)C. The molecular weight excluding hydrogens is 190 g/mol. The molecule has 3 unspecified atom stereocenters. The first-order chi connectivity index (χ1) is 6.97. The number of amides is 1. The van der Waals surface area contributed by atoms with Crippen molar-refractivity contribution in [1.82, 2.24) is 15.1 Å². The molecule has 4 nitrogen and oxygen atoms in total. The molecule has 1 amide bonds. The van der Waals surface area contributed by atoms with E-state index in [0.717, 1.165) is 13.0 Å². The van der Waals surface area contributed by atoms with E-state index in [2.05, 4.69) is 24.1 Å². The molecule has 0 aliphatic carbocycles. The number of likely N-dealkylation sites (N-methyl/N-ethyl adjacent to an activating group) is 1. The molecule has 1 saturated heterocycles. The molecular formula is C11H23N3O. The molecule has 3 atom stereocenters. The maximum Gasteiger partial charge on any atom is 0.240 e. The maximum absolute atomic E-state index is 11.9. The van der Waals surface area contributed by atoms with Gasteiger partial charge in [0, 0.05) is 12.6 Å². The predicted octanol–water partition coefficient (Wildman–Crippen LogP) is 0.493. The second kappa shape index (κ2) is 4.94. The van der Waals surface area contributed by atoms with Gasteiger partial charge in [0.2, 0.25) is 5.91 Å². The van der Waals surface area contributed by atoms with Gasteiger partial charge < -0.3 is 9.80 Å². The highest BCUT2D eigenvalue weighted by Crippen LogP contribution is 2.14. The third-order valence-electron chi connectivity index (χ3n) is 3.20. The van der Waals surface area contributed by atoms with Crippen molar-refractivity contribution in [3.05, 3.63) is 0 Å². The molecule has 0 spiro atoms. The lowest BCUT2D eigenvalue weighted by atomic mass is 10.2. The fourth-order valence-electron chi connectivity index (χ4n) is 1.86. The van der Waals surface area contributed by atoms with Crippen LogP contribution in [0.3, 0.4) is 0 Å². The summed E-state index contributed by atoms with van der Waals surface area (Å²) in [4.78, 5) is 16.0. The van der Waals surface area contributed by atoms with E-state index >= 15 is 0 Å². The fourth-order valence-corrected chi connectivity index (χ4v) is 1.86. The summed E-state index contributed by atoms with van der Waals surface area (Å²) >= 11 is 0. The van der Waals surface area contributed by atoms with Gasteiger partial charge in [-0.05, 0) is 34.4 Å². The van der Waals surface area contributed by atoms with E-state index < -0.39 is 0 Å². The van der Waals surface area contributed by atoms with Crippen molar-refractivity contribution >= 4 is 5.91 Å². The quantitative estimate of drug-likeness (QED) is 0.738. The Labute approximate surface area is 92.6 Å². The van der Waals surface area contributed by atoms with Gasteiger partial charge in [-0.15, -0.1) is 0 Å². The largest absolute Gasteiger partial charge is 0.324 e. The summed E-state index contributed by atoms with van der Waals surface area (Å²) in [5, 5.41) is 3.31. The first-order valence-corrected chi connectivity index (χ1v) is 5.70. The van der Waals surface area contributed by atoms with Gasteiger partial charge >= 0.3 is 0 Å². The Bertz CT molecular complexity index is 230. The molecule has 0 aromatic rings. The van der Waals surface area contributed by atoms with E-state index in [1.807, 2.05) is 25.9 Å². The number of carbonyl (C=O) groups is 1. The van der Waals surface area contributed by atoms with Gasteiger partial charge in [-0.3, -0.25) is 10.1 Å². The second-order valence-electron chi connectivity index (χ2n) is 4.62. The molecule has 0 bridgehead atoms. The zero-order valence-electron chi connectivity index (χ0n) is 10.4. The van der Waals surface area contributed by atoms with Crippen LogP contribution in [0.5, 0.6) is 0 Å². The minimum atomic E-state index is -0.0238. The molecule has 0 aromatic carbocycles. The Morgan fingerprint density at radius 1 is 1.53 bits per heavy atom. The van der Waals surface area contributed by atoms with Crippen LogP contribution in [-0.4, -0.2) is 54.6 Å². The number of nitrogens with zero attached hydrogens (tertiary/aromatic N) is 2. The Morgan fingerprint density at radius 2 is 2.13 bits per heavy atom. The Hall–Kier alpha value is -0.610. The summed E-state index contributed by atoms with van der Waals surface area (Å²) in [6.45, 7) is 6.99. The third kappa shape index (κ3) is 2.69. The van der Waals surface area contributed by atoms with Crippen molar-refractivity contribution < 1.29 is 4.79 Å². The summed E-state index contributed by atoms with van der Waals surface area (Å²) in [6, 6.07) is 0.374. The standard InChI is InChI=1S/C11H23N3O/c1-6-10-12-9(3)11(15)14(10)7-8(2)13(4)5/h8-10,12H,6-7H2,1-5H3. The van der Waals surface area contributed by atoms with Crippen LogP contribution in [0.15, 0.2) is 0 Å². The molecule has 1 aliphatic rings.